The highest BCUT2D eigenvalue weighted by molar-refractivity contribution is 7.92. The number of thiazole rings is 1. The third kappa shape index (κ3) is 5.26. The minimum atomic E-state index is -3.76. The van der Waals surface area contributed by atoms with Crippen molar-refractivity contribution >= 4 is 42.4 Å². The van der Waals surface area contributed by atoms with Gasteiger partial charge in [0.25, 0.3) is 0 Å². The molecular weight excluding hydrogens is 450 g/mol. The number of morpholine rings is 1. The Morgan fingerprint density at radius 3 is 2.66 bits per heavy atom. The van der Waals surface area contributed by atoms with Crippen molar-refractivity contribution in [1.29, 1.82) is 0 Å². The number of hydrogen-bond acceptors (Lipinski definition) is 8. The van der Waals surface area contributed by atoms with E-state index in [9.17, 15) is 13.2 Å². The summed E-state index contributed by atoms with van der Waals surface area (Å²) in [6.07, 6.45) is 0. The number of amides is 1. The third-order valence-corrected chi connectivity index (χ3v) is 7.95. The molecule has 170 valence electrons. The fourth-order valence-electron chi connectivity index (χ4n) is 3.48. The van der Waals surface area contributed by atoms with E-state index in [4.69, 9.17) is 9.47 Å². The van der Waals surface area contributed by atoms with E-state index in [-0.39, 0.29) is 4.90 Å². The number of carbonyl (C=O) groups is 1. The number of fused-ring (bicyclic) bond motifs is 1. The molecule has 1 aliphatic heterocycles. The Morgan fingerprint density at radius 1 is 1.19 bits per heavy atom. The van der Waals surface area contributed by atoms with E-state index in [1.807, 2.05) is 12.1 Å². The average molecular weight is 476 g/mol. The van der Waals surface area contributed by atoms with Gasteiger partial charge in [0.05, 0.1) is 35.4 Å². The molecule has 2 aromatic carbocycles. The van der Waals surface area contributed by atoms with Gasteiger partial charge < -0.3 is 9.47 Å². The summed E-state index contributed by atoms with van der Waals surface area (Å²) >= 11 is 1.36. The van der Waals surface area contributed by atoms with Gasteiger partial charge in [0.1, 0.15) is 11.5 Å². The molecule has 0 bridgehead atoms. The van der Waals surface area contributed by atoms with Crippen LogP contribution in [0.1, 0.15) is 0 Å². The van der Waals surface area contributed by atoms with E-state index in [1.165, 1.54) is 28.4 Å². The molecule has 1 saturated heterocycles. The highest BCUT2D eigenvalue weighted by atomic mass is 32.2. The summed E-state index contributed by atoms with van der Waals surface area (Å²) < 4.78 is 37.2. The van der Waals surface area contributed by atoms with Crippen molar-refractivity contribution in [3.63, 3.8) is 0 Å². The number of hydrogen-bond donors (Lipinski definition) is 0. The summed E-state index contributed by atoms with van der Waals surface area (Å²) in [4.78, 5) is 21.7. The quantitative estimate of drug-likeness (QED) is 0.494. The summed E-state index contributed by atoms with van der Waals surface area (Å²) in [6.45, 7) is 3.82. The highest BCUT2D eigenvalue weighted by Crippen LogP contribution is 2.31. The first-order valence-corrected chi connectivity index (χ1v) is 12.8. The summed E-state index contributed by atoms with van der Waals surface area (Å²) in [6, 6.07) is 13.6. The van der Waals surface area contributed by atoms with Crippen molar-refractivity contribution in [3.8, 4) is 5.75 Å². The number of aromatic nitrogens is 1. The number of benzene rings is 2. The molecule has 2 heterocycles. The molecule has 4 rings (SSSR count). The maximum absolute atomic E-state index is 13.3. The first-order valence-electron chi connectivity index (χ1n) is 10.3. The number of sulfone groups is 1. The Labute approximate surface area is 191 Å². The zero-order valence-corrected chi connectivity index (χ0v) is 19.4. The lowest BCUT2D eigenvalue weighted by Crippen LogP contribution is -2.44. The van der Waals surface area contributed by atoms with Crippen LogP contribution in [0.4, 0.5) is 5.13 Å². The molecule has 0 aliphatic carbocycles. The number of nitrogens with zero attached hydrogens (tertiary/aromatic N) is 3. The molecule has 1 aliphatic rings. The third-order valence-electron chi connectivity index (χ3n) is 5.27. The van der Waals surface area contributed by atoms with E-state index in [2.05, 4.69) is 9.88 Å². The number of anilines is 1. The molecule has 0 spiro atoms. The Bertz CT molecular complexity index is 1170. The Kier molecular flexibility index (Phi) is 7.04. The second kappa shape index (κ2) is 9.95. The van der Waals surface area contributed by atoms with Crippen LogP contribution in [0.15, 0.2) is 53.4 Å². The van der Waals surface area contributed by atoms with Crippen LogP contribution in [-0.2, 0) is 19.4 Å². The number of methoxy groups -OCH3 is 1. The van der Waals surface area contributed by atoms with Gasteiger partial charge in [-0.25, -0.2) is 13.4 Å². The van der Waals surface area contributed by atoms with Crippen LogP contribution in [0.2, 0.25) is 0 Å². The number of carbonyl (C=O) groups excluding carboxylic acids is 1. The summed E-state index contributed by atoms with van der Waals surface area (Å²) in [7, 11) is -2.18. The van der Waals surface area contributed by atoms with Gasteiger partial charge >= 0.3 is 0 Å². The molecule has 32 heavy (non-hydrogen) atoms. The van der Waals surface area contributed by atoms with Gasteiger partial charge in [0, 0.05) is 32.2 Å². The van der Waals surface area contributed by atoms with E-state index in [0.29, 0.717) is 42.7 Å². The number of rotatable bonds is 8. The summed E-state index contributed by atoms with van der Waals surface area (Å²) in [5.41, 5.74) is 0.708. The topological polar surface area (TPSA) is 89.0 Å². The highest BCUT2D eigenvalue weighted by Gasteiger charge is 2.27. The van der Waals surface area contributed by atoms with Gasteiger partial charge in [-0.2, -0.15) is 0 Å². The van der Waals surface area contributed by atoms with Crippen LogP contribution in [-0.4, -0.2) is 76.5 Å². The Hall–Kier alpha value is -2.53. The van der Waals surface area contributed by atoms with Gasteiger partial charge in [-0.1, -0.05) is 29.5 Å². The van der Waals surface area contributed by atoms with Gasteiger partial charge in [-0.15, -0.1) is 0 Å². The average Bonchev–Trinajstić information content (AvgIpc) is 3.23. The van der Waals surface area contributed by atoms with Crippen LogP contribution < -0.4 is 9.64 Å². The second-order valence-electron chi connectivity index (χ2n) is 7.40. The zero-order valence-electron chi connectivity index (χ0n) is 17.8. The van der Waals surface area contributed by atoms with Crippen LogP contribution in [0.5, 0.6) is 5.75 Å². The minimum absolute atomic E-state index is 0.135. The molecule has 1 amide bonds. The molecule has 0 radical (unpaired) electrons. The molecule has 10 heteroatoms. The molecule has 0 atom stereocenters. The lowest BCUT2D eigenvalue weighted by Gasteiger charge is -2.29. The van der Waals surface area contributed by atoms with Crippen molar-refractivity contribution < 1.29 is 22.7 Å². The fraction of sp³-hybridized carbons (Fsp3) is 0.364. The molecule has 1 fully saturated rings. The largest absolute Gasteiger partial charge is 0.497 e. The summed E-state index contributed by atoms with van der Waals surface area (Å²) in [5, 5.41) is 0.481. The zero-order chi connectivity index (χ0) is 22.6. The van der Waals surface area contributed by atoms with E-state index in [1.54, 1.807) is 31.4 Å². The molecule has 0 unspecified atom stereocenters. The fourth-order valence-corrected chi connectivity index (χ4v) is 5.69. The molecule has 3 aromatic rings. The Morgan fingerprint density at radius 2 is 1.94 bits per heavy atom. The van der Waals surface area contributed by atoms with Crippen molar-refractivity contribution in [2.75, 3.05) is 57.2 Å². The van der Waals surface area contributed by atoms with Gasteiger partial charge in [0.15, 0.2) is 15.0 Å². The van der Waals surface area contributed by atoms with E-state index >= 15 is 0 Å². The van der Waals surface area contributed by atoms with Crippen molar-refractivity contribution in [2.24, 2.45) is 0 Å². The predicted octanol–water partition coefficient (Wildman–Crippen LogP) is 2.44. The monoisotopic (exact) mass is 475 g/mol. The van der Waals surface area contributed by atoms with Gasteiger partial charge in [-0.3, -0.25) is 14.6 Å². The second-order valence-corrected chi connectivity index (χ2v) is 10.4. The van der Waals surface area contributed by atoms with E-state index in [0.717, 1.165) is 17.8 Å². The maximum atomic E-state index is 13.3. The minimum Gasteiger partial charge on any atom is -0.497 e. The van der Waals surface area contributed by atoms with Crippen LogP contribution in [0, 0.1) is 0 Å². The molecular formula is C22H25N3O5S2. The van der Waals surface area contributed by atoms with Gasteiger partial charge in [0.2, 0.25) is 5.91 Å². The van der Waals surface area contributed by atoms with Crippen molar-refractivity contribution in [1.82, 2.24) is 9.88 Å². The van der Waals surface area contributed by atoms with Crippen LogP contribution in [0.25, 0.3) is 10.2 Å². The van der Waals surface area contributed by atoms with Crippen LogP contribution >= 0.6 is 11.3 Å². The van der Waals surface area contributed by atoms with Crippen molar-refractivity contribution in [3.05, 3.63) is 48.5 Å². The lowest BCUT2D eigenvalue weighted by atomic mass is 10.3. The smallest absolute Gasteiger partial charge is 0.244 e. The lowest BCUT2D eigenvalue weighted by molar-refractivity contribution is -0.116. The molecule has 0 N–H and O–H groups in total. The number of ether oxygens (including phenoxy) is 2. The first-order chi connectivity index (χ1) is 15.5. The molecule has 8 nitrogen and oxygen atoms in total. The summed E-state index contributed by atoms with van der Waals surface area (Å²) in [5.74, 6) is -0.431. The van der Waals surface area contributed by atoms with Crippen LogP contribution in [0.3, 0.4) is 0 Å². The van der Waals surface area contributed by atoms with Crippen molar-refractivity contribution in [2.45, 2.75) is 4.90 Å². The van der Waals surface area contributed by atoms with Gasteiger partial charge in [-0.05, 0) is 24.3 Å². The maximum Gasteiger partial charge on any atom is 0.244 e. The Balaban J connectivity index is 1.60. The standard InChI is InChI=1S/C22H25N3O5S2/c1-29-17-7-8-20-19(15-17)23-22(31-20)25(10-9-24-11-13-30-14-12-24)21(26)16-32(27,28)18-5-3-2-4-6-18/h2-8,15H,9-14,16H2,1H3. The first kappa shape index (κ1) is 22.7. The SMILES string of the molecule is COc1ccc2sc(N(CCN3CCOCC3)C(=O)CS(=O)(=O)c3ccccc3)nc2c1. The normalized spacial score (nSPS) is 15.0. The molecule has 1 aromatic heterocycles. The molecule has 0 saturated carbocycles. The van der Waals surface area contributed by atoms with E-state index < -0.39 is 21.5 Å². The predicted molar refractivity (Wildman–Crippen MR) is 124 cm³/mol.